The second kappa shape index (κ2) is 21.8. The van der Waals surface area contributed by atoms with Crippen molar-refractivity contribution < 1.29 is 37.1 Å². The lowest BCUT2D eigenvalue weighted by molar-refractivity contribution is -0.184. The van der Waals surface area contributed by atoms with Gasteiger partial charge in [-0.15, -0.1) is 0 Å². The van der Waals surface area contributed by atoms with Crippen LogP contribution in [0.15, 0.2) is 84.9 Å². The van der Waals surface area contributed by atoms with Crippen LogP contribution in [0.2, 0.25) is 0 Å². The van der Waals surface area contributed by atoms with Crippen LogP contribution in [0.3, 0.4) is 0 Å². The maximum absolute atomic E-state index is 14.9. The summed E-state index contributed by atoms with van der Waals surface area (Å²) < 4.78 is 50.2. The number of alkyl halides is 3. The first kappa shape index (κ1) is 47.0. The number of hydrogen-bond acceptors (Lipinski definition) is 6. The zero-order valence-corrected chi connectivity index (χ0v) is 37.2. The van der Waals surface area contributed by atoms with Gasteiger partial charge in [0.15, 0.2) is 0 Å². The van der Waals surface area contributed by atoms with Gasteiger partial charge in [0.05, 0.1) is 24.0 Å². The van der Waals surface area contributed by atoms with Crippen molar-refractivity contribution in [3.8, 4) is 0 Å². The van der Waals surface area contributed by atoms with E-state index in [0.717, 1.165) is 43.2 Å². The van der Waals surface area contributed by atoms with Gasteiger partial charge in [0.25, 0.3) is 5.91 Å². The molecule has 5 amide bonds. The van der Waals surface area contributed by atoms with Gasteiger partial charge < -0.3 is 30.9 Å². The molecular weight excluding hydrogens is 822 g/mol. The molecule has 0 radical (unpaired) electrons. The largest absolute Gasteiger partial charge is 0.408 e. The van der Waals surface area contributed by atoms with Crippen molar-refractivity contribution in [3.63, 3.8) is 0 Å². The van der Waals surface area contributed by atoms with Crippen molar-refractivity contribution in [1.29, 1.82) is 0 Å². The molecule has 2 aliphatic carbocycles. The Hall–Kier alpha value is -4.95. The fourth-order valence-electron chi connectivity index (χ4n) is 9.77. The highest BCUT2D eigenvalue weighted by molar-refractivity contribution is 5.97. The van der Waals surface area contributed by atoms with Gasteiger partial charge in [-0.1, -0.05) is 131 Å². The molecule has 11 nitrogen and oxygen atoms in total. The number of rotatable bonds is 21. The summed E-state index contributed by atoms with van der Waals surface area (Å²) >= 11 is 0. The summed E-state index contributed by atoms with van der Waals surface area (Å²) in [4.78, 5) is 57.3. The number of halogens is 3. The first-order valence-electron chi connectivity index (χ1n) is 23.4. The Balaban J connectivity index is 0.956. The van der Waals surface area contributed by atoms with Crippen LogP contribution in [0.5, 0.6) is 0 Å². The average Bonchev–Trinajstić information content (AvgIpc) is 4.15. The minimum Gasteiger partial charge on any atom is -0.378 e. The van der Waals surface area contributed by atoms with Crippen LogP contribution in [-0.2, 0) is 14.3 Å². The highest BCUT2D eigenvalue weighted by atomic mass is 19.4. The van der Waals surface area contributed by atoms with Gasteiger partial charge in [-0.2, -0.15) is 13.2 Å². The number of amides is 5. The number of unbranched alkanes of at least 4 members (excludes halogenated alkanes) is 8. The molecule has 2 aliphatic heterocycles. The Morgan fingerprint density at radius 2 is 1.17 bits per heavy atom. The molecular formula is C50H65F3N6O5. The molecule has 346 valence electrons. The fourth-order valence-corrected chi connectivity index (χ4v) is 9.77. The lowest BCUT2D eigenvalue weighted by Gasteiger charge is -2.30. The lowest BCUT2D eigenvalue weighted by Crippen LogP contribution is -2.48. The van der Waals surface area contributed by atoms with Crippen molar-refractivity contribution in [2.45, 2.75) is 126 Å². The molecule has 9 atom stereocenters. The standard InChI is InChI=1S/C50H65F3N6O5/c1-3-4-5-6-7-8-9-10-17-26-54-49(63)57-43-31-58(32-44(43)64-2)45(50(51,52)53)35-22-24-36(25-23-35)48(62)59-29-39(46(60)55-41-27-37(41)33-18-13-11-14-19-33)40(30-59)47(61)56-42-28-38(42)34-20-15-12-16-21-34/h11-16,18-25,37-45H,3-10,17,26-32H2,1-2H3,(H,55,60)(H,56,61)(H2,54,57,63)/t37-,38-,39-,40-,41+,42+,43+,44+,45+/m1/s1. The summed E-state index contributed by atoms with van der Waals surface area (Å²) in [6.07, 6.45) is 6.60. The molecule has 0 bridgehead atoms. The SMILES string of the molecule is CCCCCCCCCCCNC(=O)N[C@H]1CN([C@@H](c2ccc(C(=O)N3C[C@@H](C(=O)N[C@H]4C[C@@H]4c4ccccc4)[C@H](C(=O)N[C@H]4C[C@@H]4c4ccccc4)C3)cc2)C(F)(F)F)C[C@@H]1OC. The average molecular weight is 887 g/mol. The Kier molecular flexibility index (Phi) is 16.0. The molecule has 0 unspecified atom stereocenters. The number of carbonyl (C=O) groups excluding carboxylic acids is 4. The van der Waals surface area contributed by atoms with E-state index in [9.17, 15) is 32.3 Å². The zero-order chi connectivity index (χ0) is 45.2. The van der Waals surface area contributed by atoms with Gasteiger partial charge >= 0.3 is 12.2 Å². The minimum atomic E-state index is -4.67. The van der Waals surface area contributed by atoms with E-state index in [0.29, 0.717) is 6.54 Å². The Morgan fingerprint density at radius 1 is 0.656 bits per heavy atom. The number of methoxy groups -OCH3 is 1. The first-order chi connectivity index (χ1) is 30.9. The summed E-state index contributed by atoms with van der Waals surface area (Å²) in [5.41, 5.74) is 2.36. The monoisotopic (exact) mass is 886 g/mol. The van der Waals surface area contributed by atoms with Gasteiger partial charge in [-0.05, 0) is 48.1 Å². The van der Waals surface area contributed by atoms with Crippen LogP contribution in [0.4, 0.5) is 18.0 Å². The van der Waals surface area contributed by atoms with Crippen LogP contribution < -0.4 is 21.3 Å². The van der Waals surface area contributed by atoms with Gasteiger partial charge in [-0.25, -0.2) is 4.79 Å². The fraction of sp³-hybridized carbons (Fsp3) is 0.560. The van der Waals surface area contributed by atoms with Crippen LogP contribution in [0, 0.1) is 11.8 Å². The molecule has 0 aromatic heterocycles. The van der Waals surface area contributed by atoms with E-state index in [4.69, 9.17) is 4.74 Å². The summed E-state index contributed by atoms with van der Waals surface area (Å²) in [5.74, 6) is -2.30. The van der Waals surface area contributed by atoms with E-state index >= 15 is 0 Å². The predicted octanol–water partition coefficient (Wildman–Crippen LogP) is 7.85. The smallest absolute Gasteiger partial charge is 0.378 e. The molecule has 14 heteroatoms. The lowest BCUT2D eigenvalue weighted by atomic mass is 9.94. The molecule has 2 heterocycles. The summed E-state index contributed by atoms with van der Waals surface area (Å²) in [7, 11) is 1.42. The number of urea groups is 1. The molecule has 7 rings (SSSR count). The third kappa shape index (κ3) is 12.2. The summed E-state index contributed by atoms with van der Waals surface area (Å²) in [6.45, 7) is 2.53. The normalized spacial score (nSPS) is 25.7. The van der Waals surface area contributed by atoms with Crippen molar-refractivity contribution in [1.82, 2.24) is 31.1 Å². The molecule has 0 spiro atoms. The maximum Gasteiger partial charge on any atom is 0.408 e. The van der Waals surface area contributed by atoms with E-state index in [1.54, 1.807) is 0 Å². The Morgan fingerprint density at radius 3 is 1.67 bits per heavy atom. The van der Waals surface area contributed by atoms with Crippen molar-refractivity contribution in [2.24, 2.45) is 11.8 Å². The van der Waals surface area contributed by atoms with Gasteiger partial charge in [0, 0.05) is 69.3 Å². The molecule has 4 fully saturated rings. The molecule has 4 N–H and O–H groups in total. The maximum atomic E-state index is 14.9. The number of nitrogens with one attached hydrogen (secondary N) is 4. The van der Waals surface area contributed by atoms with Crippen LogP contribution in [-0.4, -0.2) is 104 Å². The quantitative estimate of drug-likeness (QED) is 0.0807. The zero-order valence-electron chi connectivity index (χ0n) is 37.2. The summed E-state index contributed by atoms with van der Waals surface area (Å²) in [6, 6.07) is 21.9. The molecule has 4 aliphatic rings. The van der Waals surface area contributed by atoms with E-state index in [-0.39, 0.29) is 73.0 Å². The summed E-state index contributed by atoms with van der Waals surface area (Å²) in [5, 5.41) is 11.9. The van der Waals surface area contributed by atoms with Crippen LogP contribution in [0.25, 0.3) is 0 Å². The molecule has 3 aromatic rings. The second-order valence-corrected chi connectivity index (χ2v) is 18.3. The number of carbonyl (C=O) groups is 4. The van der Waals surface area contributed by atoms with Gasteiger partial charge in [0.2, 0.25) is 11.8 Å². The first-order valence-corrected chi connectivity index (χ1v) is 23.4. The van der Waals surface area contributed by atoms with Crippen molar-refractivity contribution in [3.05, 3.63) is 107 Å². The molecule has 2 saturated carbocycles. The number of ether oxygens (including phenoxy) is 1. The highest BCUT2D eigenvalue weighted by Gasteiger charge is 2.51. The van der Waals surface area contributed by atoms with Crippen LogP contribution in [0.1, 0.15) is 122 Å². The minimum absolute atomic E-state index is 0.00146. The van der Waals surface area contributed by atoms with E-state index in [1.807, 2.05) is 60.7 Å². The highest BCUT2D eigenvalue weighted by Crippen LogP contribution is 2.43. The molecule has 3 aromatic carbocycles. The van der Waals surface area contributed by atoms with E-state index in [1.165, 1.54) is 79.7 Å². The Bertz CT molecular complexity index is 1930. The number of nitrogens with zero attached hydrogens (tertiary/aromatic N) is 2. The predicted molar refractivity (Wildman–Crippen MR) is 240 cm³/mol. The van der Waals surface area contributed by atoms with Crippen LogP contribution >= 0.6 is 0 Å². The van der Waals surface area contributed by atoms with Crippen molar-refractivity contribution in [2.75, 3.05) is 39.8 Å². The van der Waals surface area contributed by atoms with Crippen molar-refractivity contribution >= 4 is 23.8 Å². The third-order valence-electron chi connectivity index (χ3n) is 13.6. The number of benzene rings is 3. The van der Waals surface area contributed by atoms with Gasteiger partial charge in [0.1, 0.15) is 6.04 Å². The number of likely N-dealkylation sites (tertiary alicyclic amines) is 2. The van der Waals surface area contributed by atoms with E-state index in [2.05, 4.69) is 28.2 Å². The molecule has 64 heavy (non-hydrogen) atoms. The topological polar surface area (TPSA) is 132 Å². The van der Waals surface area contributed by atoms with Gasteiger partial charge in [-0.3, -0.25) is 19.3 Å². The second-order valence-electron chi connectivity index (χ2n) is 18.3. The third-order valence-corrected chi connectivity index (χ3v) is 13.6. The Labute approximate surface area is 375 Å². The number of hydrogen-bond donors (Lipinski definition) is 4. The van der Waals surface area contributed by atoms with E-state index < -0.39 is 48.1 Å². The molecule has 2 saturated heterocycles.